The molecular weight excluding hydrogens is 280 g/mol. The quantitative estimate of drug-likeness (QED) is 0.919. The van der Waals surface area contributed by atoms with Crippen LogP contribution in [0.1, 0.15) is 17.3 Å². The second-order valence-corrected chi connectivity index (χ2v) is 5.48. The van der Waals surface area contributed by atoms with Gasteiger partial charge in [0, 0.05) is 18.1 Å². The molecule has 0 unspecified atom stereocenters. The number of methoxy groups -OCH3 is 1. The molecule has 0 saturated carbocycles. The molecule has 0 spiro atoms. The summed E-state index contributed by atoms with van der Waals surface area (Å²) in [6, 6.07) is 4.89. The molecule has 20 heavy (non-hydrogen) atoms. The highest BCUT2D eigenvalue weighted by atomic mass is 35.5. The summed E-state index contributed by atoms with van der Waals surface area (Å²) in [4.78, 5) is 25.5. The molecule has 0 aliphatic carbocycles. The first-order valence-electron chi connectivity index (χ1n) is 6.36. The predicted molar refractivity (Wildman–Crippen MR) is 75.8 cm³/mol. The van der Waals surface area contributed by atoms with Crippen LogP contribution >= 0.6 is 11.6 Å². The minimum atomic E-state index is -0.370. The van der Waals surface area contributed by atoms with Gasteiger partial charge in [-0.2, -0.15) is 0 Å². The minimum absolute atomic E-state index is 0.0571. The number of benzene rings is 1. The number of carbonyl (C=O) groups excluding carboxylic acids is 2. The number of amides is 2. The van der Waals surface area contributed by atoms with Crippen molar-refractivity contribution in [1.82, 2.24) is 4.90 Å². The highest BCUT2D eigenvalue weighted by Crippen LogP contribution is 2.28. The average Bonchev–Trinajstić information content (AvgIpc) is 2.80. The molecule has 1 fully saturated rings. The van der Waals surface area contributed by atoms with Gasteiger partial charge in [-0.1, -0.05) is 18.5 Å². The topological polar surface area (TPSA) is 72.6 Å². The standard InChI is InChI=1S/C14H17ClN2O3/c1-8-6-17(7-11(8)13(16)18)14(19)10-5-9(15)3-4-12(10)20-2/h3-5,8,11H,6-7H2,1-2H3,(H2,16,18)/t8-,11-/m1/s1. The fourth-order valence-electron chi connectivity index (χ4n) is 2.52. The van der Waals surface area contributed by atoms with E-state index in [1.807, 2.05) is 6.92 Å². The predicted octanol–water partition coefficient (Wildman–Crippen LogP) is 1.54. The maximum absolute atomic E-state index is 12.5. The van der Waals surface area contributed by atoms with Crippen LogP contribution in [0.4, 0.5) is 0 Å². The van der Waals surface area contributed by atoms with Gasteiger partial charge in [0.05, 0.1) is 18.6 Å². The Kier molecular flexibility index (Phi) is 4.18. The Balaban J connectivity index is 2.25. The van der Waals surface area contributed by atoms with Crippen molar-refractivity contribution in [3.8, 4) is 5.75 Å². The van der Waals surface area contributed by atoms with E-state index in [4.69, 9.17) is 22.1 Å². The van der Waals surface area contributed by atoms with E-state index in [1.165, 1.54) is 7.11 Å². The molecule has 1 saturated heterocycles. The van der Waals surface area contributed by atoms with Gasteiger partial charge in [0.2, 0.25) is 5.91 Å². The maximum atomic E-state index is 12.5. The summed E-state index contributed by atoms with van der Waals surface area (Å²) < 4.78 is 5.18. The Bertz CT molecular complexity index is 547. The second kappa shape index (κ2) is 5.71. The van der Waals surface area contributed by atoms with Crippen molar-refractivity contribution in [3.63, 3.8) is 0 Å². The summed E-state index contributed by atoms with van der Waals surface area (Å²) in [6.45, 7) is 2.75. The van der Waals surface area contributed by atoms with Gasteiger partial charge in [-0.15, -0.1) is 0 Å². The lowest BCUT2D eigenvalue weighted by Gasteiger charge is -2.18. The number of likely N-dealkylation sites (tertiary alicyclic amines) is 1. The summed E-state index contributed by atoms with van der Waals surface area (Å²) in [5.74, 6) is -0.342. The Labute approximate surface area is 122 Å². The van der Waals surface area contributed by atoms with E-state index in [0.29, 0.717) is 29.4 Å². The molecule has 0 aromatic heterocycles. The van der Waals surface area contributed by atoms with Crippen LogP contribution in [0.25, 0.3) is 0 Å². The summed E-state index contributed by atoms with van der Waals surface area (Å²) in [6.07, 6.45) is 0. The van der Waals surface area contributed by atoms with Crippen LogP contribution in [0.3, 0.4) is 0 Å². The third kappa shape index (κ3) is 2.72. The third-order valence-corrected chi connectivity index (χ3v) is 3.89. The molecule has 1 heterocycles. The van der Waals surface area contributed by atoms with Crippen molar-refractivity contribution in [2.75, 3.05) is 20.2 Å². The van der Waals surface area contributed by atoms with Crippen LogP contribution in [-0.2, 0) is 4.79 Å². The molecule has 108 valence electrons. The van der Waals surface area contributed by atoms with Gasteiger partial charge in [-0.25, -0.2) is 0 Å². The number of ether oxygens (including phenoxy) is 1. The van der Waals surface area contributed by atoms with E-state index in [1.54, 1.807) is 23.1 Å². The molecule has 2 N–H and O–H groups in total. The Hall–Kier alpha value is -1.75. The number of halogens is 1. The smallest absolute Gasteiger partial charge is 0.257 e. The molecule has 1 aromatic rings. The number of nitrogens with zero attached hydrogens (tertiary/aromatic N) is 1. The van der Waals surface area contributed by atoms with E-state index >= 15 is 0 Å². The largest absolute Gasteiger partial charge is 0.496 e. The van der Waals surface area contributed by atoms with Gasteiger partial charge in [0.1, 0.15) is 5.75 Å². The molecule has 2 amide bonds. The number of primary amides is 1. The first kappa shape index (κ1) is 14.7. The van der Waals surface area contributed by atoms with E-state index in [2.05, 4.69) is 0 Å². The number of hydrogen-bond acceptors (Lipinski definition) is 3. The normalized spacial score (nSPS) is 21.9. The number of rotatable bonds is 3. The number of carbonyl (C=O) groups is 2. The Morgan fingerprint density at radius 1 is 1.40 bits per heavy atom. The summed E-state index contributed by atoms with van der Waals surface area (Å²) in [5, 5.41) is 0.466. The lowest BCUT2D eigenvalue weighted by atomic mass is 9.98. The zero-order valence-corrected chi connectivity index (χ0v) is 12.2. The molecule has 0 bridgehead atoms. The molecule has 6 heteroatoms. The summed E-state index contributed by atoms with van der Waals surface area (Å²) >= 11 is 5.93. The molecular formula is C14H17ClN2O3. The van der Waals surface area contributed by atoms with Crippen LogP contribution in [0.15, 0.2) is 18.2 Å². The van der Waals surface area contributed by atoms with Gasteiger partial charge >= 0.3 is 0 Å². The van der Waals surface area contributed by atoms with E-state index in [9.17, 15) is 9.59 Å². The highest BCUT2D eigenvalue weighted by Gasteiger charge is 2.36. The van der Waals surface area contributed by atoms with E-state index in [0.717, 1.165) is 0 Å². The fourth-order valence-corrected chi connectivity index (χ4v) is 2.69. The first-order chi connectivity index (χ1) is 9.43. The van der Waals surface area contributed by atoms with Crippen molar-refractivity contribution < 1.29 is 14.3 Å². The van der Waals surface area contributed by atoms with Crippen molar-refractivity contribution in [3.05, 3.63) is 28.8 Å². The van der Waals surface area contributed by atoms with Gasteiger partial charge in [-0.3, -0.25) is 9.59 Å². The summed E-state index contributed by atoms with van der Waals surface area (Å²) in [5.41, 5.74) is 5.75. The van der Waals surface area contributed by atoms with Crippen molar-refractivity contribution in [2.24, 2.45) is 17.6 Å². The number of nitrogens with two attached hydrogens (primary N) is 1. The van der Waals surface area contributed by atoms with Gasteiger partial charge in [0.15, 0.2) is 0 Å². The third-order valence-electron chi connectivity index (χ3n) is 3.66. The minimum Gasteiger partial charge on any atom is -0.496 e. The SMILES string of the molecule is COc1ccc(Cl)cc1C(=O)N1C[C@@H](C)[C@H](C(N)=O)C1. The highest BCUT2D eigenvalue weighted by molar-refractivity contribution is 6.31. The molecule has 1 aromatic carbocycles. The van der Waals surface area contributed by atoms with Gasteiger partial charge in [0.25, 0.3) is 5.91 Å². The van der Waals surface area contributed by atoms with E-state index < -0.39 is 0 Å². The molecule has 2 rings (SSSR count). The van der Waals surface area contributed by atoms with Crippen molar-refractivity contribution in [2.45, 2.75) is 6.92 Å². The summed E-state index contributed by atoms with van der Waals surface area (Å²) in [7, 11) is 1.50. The monoisotopic (exact) mass is 296 g/mol. The van der Waals surface area contributed by atoms with Crippen LogP contribution in [0.5, 0.6) is 5.75 Å². The fraction of sp³-hybridized carbons (Fsp3) is 0.429. The zero-order chi connectivity index (χ0) is 14.9. The molecule has 0 radical (unpaired) electrons. The maximum Gasteiger partial charge on any atom is 0.257 e. The molecule has 1 aliphatic rings. The lowest BCUT2D eigenvalue weighted by molar-refractivity contribution is -0.122. The number of hydrogen-bond donors (Lipinski definition) is 1. The van der Waals surface area contributed by atoms with Crippen LogP contribution in [0, 0.1) is 11.8 Å². The molecule has 1 aliphatic heterocycles. The zero-order valence-electron chi connectivity index (χ0n) is 11.4. The van der Waals surface area contributed by atoms with Crippen molar-refractivity contribution in [1.29, 1.82) is 0 Å². The Morgan fingerprint density at radius 2 is 2.10 bits per heavy atom. The van der Waals surface area contributed by atoms with Crippen LogP contribution < -0.4 is 10.5 Å². The first-order valence-corrected chi connectivity index (χ1v) is 6.74. The molecule has 5 nitrogen and oxygen atoms in total. The lowest BCUT2D eigenvalue weighted by Crippen LogP contribution is -2.32. The molecule has 2 atom stereocenters. The van der Waals surface area contributed by atoms with Gasteiger partial charge in [-0.05, 0) is 24.1 Å². The second-order valence-electron chi connectivity index (χ2n) is 5.04. The Morgan fingerprint density at radius 3 is 2.65 bits per heavy atom. The van der Waals surface area contributed by atoms with Crippen LogP contribution in [-0.4, -0.2) is 36.9 Å². The van der Waals surface area contributed by atoms with Gasteiger partial charge < -0.3 is 15.4 Å². The van der Waals surface area contributed by atoms with Crippen molar-refractivity contribution >= 4 is 23.4 Å². The van der Waals surface area contributed by atoms with Crippen LogP contribution in [0.2, 0.25) is 5.02 Å². The average molecular weight is 297 g/mol. The van der Waals surface area contributed by atoms with E-state index in [-0.39, 0.29) is 23.7 Å².